The first-order valence-electron chi connectivity index (χ1n) is 49.3. The van der Waals surface area contributed by atoms with Crippen LogP contribution in [0, 0.1) is 110 Å². The molecule has 0 bridgehead atoms. The Kier molecular flexibility index (Phi) is 57.4. The molecule has 3 aromatic carbocycles. The summed E-state index contributed by atoms with van der Waals surface area (Å²) in [6, 6.07) is 31.5. The fourth-order valence-corrected chi connectivity index (χ4v) is 14.6. The predicted octanol–water partition coefficient (Wildman–Crippen LogP) is 40.3. The molecule has 0 atom stereocenters. The Morgan fingerprint density at radius 1 is 0.443 bits per heavy atom. The van der Waals surface area contributed by atoms with E-state index in [-0.39, 0.29) is 76.2 Å². The lowest BCUT2D eigenvalue weighted by molar-refractivity contribution is -0.134. The van der Waals surface area contributed by atoms with Crippen LogP contribution in [0.5, 0.6) is 0 Å². The second kappa shape index (κ2) is 55.6. The van der Waals surface area contributed by atoms with Crippen LogP contribution in [0.15, 0.2) is 185 Å². The Hall–Kier alpha value is -6.52. The lowest BCUT2D eigenvalue weighted by Crippen LogP contribution is -2.33. The van der Waals surface area contributed by atoms with E-state index in [1.807, 2.05) is 126 Å². The molecule has 6 nitrogen and oxygen atoms in total. The topological polar surface area (TPSA) is 84.4 Å². The molecule has 0 unspecified atom stereocenters. The molecule has 1 saturated carbocycles. The smallest absolute Gasteiger partial charge is 0.143 e. The van der Waals surface area contributed by atoms with Crippen molar-refractivity contribution in [3.05, 3.63) is 199 Å². The highest BCUT2D eigenvalue weighted by Gasteiger charge is 2.37. The van der Waals surface area contributed by atoms with Crippen LogP contribution in [0.1, 0.15) is 462 Å². The molecule has 0 radical (unpaired) electrons. The van der Waals surface area contributed by atoms with Gasteiger partial charge in [-0.15, -0.1) is 0 Å². The van der Waals surface area contributed by atoms with Crippen LogP contribution in [-0.4, -0.2) is 29.0 Å². The summed E-state index contributed by atoms with van der Waals surface area (Å²) in [6.07, 6.45) is 21.3. The molecule has 7 heteroatoms. The van der Waals surface area contributed by atoms with Crippen LogP contribution in [-0.2, 0) is 25.9 Å². The van der Waals surface area contributed by atoms with E-state index in [4.69, 9.17) is 14.5 Å². The maximum atomic E-state index is 12.5. The number of ketones is 1. The maximum Gasteiger partial charge on any atom is 0.143 e. The van der Waals surface area contributed by atoms with Crippen molar-refractivity contribution in [1.82, 2.24) is 0 Å². The zero-order chi connectivity index (χ0) is 105. The fourth-order valence-electron chi connectivity index (χ4n) is 14.6. The standard InChI is InChI=1S/C13H24.C12H23NO.C12H22.C12H16.C10H13F.C10H14.C10H20.C10H18.C9H19NO.C9H18O.C9H18.C8H12O/c1-11(12(2,3)4)13(5)9-7-6-8-10-13;1-8-9-14-13-10(11(2,3)4)12(5,6)7;1-11(2,3)10-8-6-7-9-12(10,4)5;1-10(12(2,3)4)11-8-6-5-7-9-11;1-10(2,3)8-4-6-9(11)7-5-8;1-10(2,3)9-7-5-4-6-8-9;2*1-9(2,3)7-8-10(4,5)6;1-8(2,3)7(10-11)9(4,5)6;1-8(2,3)7(10)9(4,5)6;1-7(2)8(3)9(4,5)6;1-8(2,3)7-5-4-6-9-7/h1,6-10H2,2-5H3;8H,1,9H2,2-7H3;8H,6-7,9H2,1-5H3;5-9H,1H2,2-4H3;4-7H,1-3H3;4-8H,1-3H3;7-8H,1-6H3;1-6H3;11H,1-6H3;1-6H3;7H,3H2,1-2,4-6H3;4-6H,1-3H3/b;;;;;;8-7+;;;;;. The molecule has 0 saturated heterocycles. The first-order chi connectivity index (χ1) is 57.7. The van der Waals surface area contributed by atoms with E-state index in [0.717, 1.165) is 17.2 Å². The predicted molar refractivity (Wildman–Crippen MR) is 590 cm³/mol. The SMILES string of the molecule is C=C(C(C)(C)C)C1(C)CCCCC1.C=C(C(C)C)C(C)(C)C.C=C(c1ccccc1)C(C)(C)C.C=CCON=C(C(C)(C)C)C(C)(C)C.CC(C)(C)/C=C/C(C)(C)C.CC(C)(C)C#CC(C)(C)C.CC(C)(C)C(=NO)C(C)(C)C.CC(C)(C)C(=O)C(C)(C)C.CC(C)(C)C1=CCCCC1(C)C.CC(C)(C)c1ccc(F)cc1.CC(C)(C)c1ccccc1.CC(C)(C)c1ccco1. The van der Waals surface area contributed by atoms with Crippen LogP contribution >= 0.6 is 0 Å². The van der Waals surface area contributed by atoms with Crippen molar-refractivity contribution in [2.24, 2.45) is 103 Å². The minimum atomic E-state index is -0.196. The van der Waals surface area contributed by atoms with E-state index in [1.54, 1.807) is 17.9 Å². The third-order valence-electron chi connectivity index (χ3n) is 21.3. The number of hydrogen-bond donors (Lipinski definition) is 1. The first kappa shape index (κ1) is 135. The number of oxime groups is 2. The number of hydrogen-bond acceptors (Lipinski definition) is 6. The molecule has 4 aromatic rings. The van der Waals surface area contributed by atoms with Crippen molar-refractivity contribution >= 4 is 22.8 Å². The number of rotatable bonds is 6. The lowest BCUT2D eigenvalue weighted by atomic mass is 9.64. The molecule has 0 spiro atoms. The van der Waals surface area contributed by atoms with Crippen LogP contribution in [0.2, 0.25) is 0 Å². The summed E-state index contributed by atoms with van der Waals surface area (Å²) in [5.74, 6) is 8.23. The second-order valence-electron chi connectivity index (χ2n) is 55.2. The molecule has 754 valence electrons. The van der Waals surface area contributed by atoms with E-state index in [2.05, 4.69) is 414 Å². The number of halogens is 1. The van der Waals surface area contributed by atoms with Gasteiger partial charge >= 0.3 is 0 Å². The van der Waals surface area contributed by atoms with Gasteiger partial charge in [-0.25, -0.2) is 4.39 Å². The van der Waals surface area contributed by atoms with Crippen molar-refractivity contribution in [2.75, 3.05) is 6.61 Å². The largest absolute Gasteiger partial charge is 0.469 e. The lowest BCUT2D eigenvalue weighted by Gasteiger charge is -2.41. The van der Waals surface area contributed by atoms with Crippen molar-refractivity contribution in [2.45, 2.75) is 455 Å². The minimum Gasteiger partial charge on any atom is -0.469 e. The van der Waals surface area contributed by atoms with Gasteiger partial charge in [0.15, 0.2) is 0 Å². The minimum absolute atomic E-state index is 0.0411. The van der Waals surface area contributed by atoms with Gasteiger partial charge in [-0.1, -0.05) is 528 Å². The van der Waals surface area contributed by atoms with Gasteiger partial charge in [0.05, 0.1) is 17.7 Å². The Labute approximate surface area is 816 Å². The van der Waals surface area contributed by atoms with Gasteiger partial charge in [0.2, 0.25) is 0 Å². The molecule has 1 N–H and O–H groups in total. The van der Waals surface area contributed by atoms with Crippen molar-refractivity contribution in [3.63, 3.8) is 0 Å². The van der Waals surface area contributed by atoms with E-state index in [1.165, 1.54) is 96.9 Å². The van der Waals surface area contributed by atoms with E-state index < -0.39 is 0 Å². The molecular weight excluding hydrogens is 1600 g/mol. The highest BCUT2D eigenvalue weighted by molar-refractivity contribution is 5.93. The first-order valence-corrected chi connectivity index (χ1v) is 49.3. The average Bonchev–Trinajstić information content (AvgIpc) is 1.53. The summed E-state index contributed by atoms with van der Waals surface area (Å²) in [4.78, 5) is 16.7. The third-order valence-corrected chi connectivity index (χ3v) is 21.3. The molecule has 2 aliphatic rings. The number of furan rings is 1. The van der Waals surface area contributed by atoms with Gasteiger partial charge in [-0.3, -0.25) is 4.79 Å². The van der Waals surface area contributed by atoms with Gasteiger partial charge in [0.1, 0.15) is 24.0 Å². The third kappa shape index (κ3) is 68.2. The Morgan fingerprint density at radius 2 is 0.809 bits per heavy atom. The van der Waals surface area contributed by atoms with Gasteiger partial charge in [-0.05, 0) is 180 Å². The highest BCUT2D eigenvalue weighted by Crippen LogP contribution is 2.49. The second-order valence-corrected chi connectivity index (χ2v) is 55.2. The maximum absolute atomic E-state index is 12.5. The Bertz CT molecular complexity index is 3930. The number of nitrogens with zero attached hydrogens (tertiary/aromatic N) is 2. The number of allylic oxidation sites excluding steroid dienone is 7. The summed E-state index contributed by atoms with van der Waals surface area (Å²) in [5.41, 5.74) is 14.4. The molecule has 1 aromatic heterocycles. The van der Waals surface area contributed by atoms with E-state index in [0.29, 0.717) is 50.8 Å². The van der Waals surface area contributed by atoms with Gasteiger partial charge in [0, 0.05) is 48.7 Å². The summed E-state index contributed by atoms with van der Waals surface area (Å²) in [6.45, 7) is 137. The van der Waals surface area contributed by atoms with Gasteiger partial charge in [-0.2, -0.15) is 0 Å². The molecule has 1 heterocycles. The number of carbonyl (C=O) groups excluding carboxylic acids is 1. The highest BCUT2D eigenvalue weighted by atomic mass is 19.1. The molecule has 2 aliphatic carbocycles. The van der Waals surface area contributed by atoms with E-state index >= 15 is 0 Å². The van der Waals surface area contributed by atoms with Gasteiger partial charge in [0.25, 0.3) is 0 Å². The number of Topliss-reactive ketones (excluding diaryl/α,β-unsaturated/α-hetero) is 1. The summed E-state index contributed by atoms with van der Waals surface area (Å²) in [5, 5.41) is 16.3. The van der Waals surface area contributed by atoms with Crippen molar-refractivity contribution in [3.8, 4) is 11.8 Å². The zero-order valence-electron chi connectivity index (χ0n) is 97.3. The van der Waals surface area contributed by atoms with Crippen LogP contribution in [0.25, 0.3) is 5.57 Å². The summed E-state index contributed by atoms with van der Waals surface area (Å²) < 4.78 is 17.7. The Balaban J connectivity index is -0.000000326. The van der Waals surface area contributed by atoms with Crippen LogP contribution < -0.4 is 0 Å². The molecular formula is C124H217FN2O4. The van der Waals surface area contributed by atoms with Crippen LogP contribution in [0.4, 0.5) is 4.39 Å². The normalized spacial score (nSPS) is 14.4. The fraction of sp³-hybridized carbons (Fsp3) is 0.685. The van der Waals surface area contributed by atoms with Crippen molar-refractivity contribution < 1.29 is 23.6 Å². The summed E-state index contributed by atoms with van der Waals surface area (Å²) in [7, 11) is 0. The molecule has 0 aliphatic heterocycles. The zero-order valence-corrected chi connectivity index (χ0v) is 97.3. The average molecular weight is 1820 g/mol. The Morgan fingerprint density at radius 3 is 1.02 bits per heavy atom. The van der Waals surface area contributed by atoms with E-state index in [9.17, 15) is 9.18 Å². The molecule has 131 heavy (non-hydrogen) atoms. The van der Waals surface area contributed by atoms with Crippen molar-refractivity contribution in [1.29, 1.82) is 0 Å². The summed E-state index contributed by atoms with van der Waals surface area (Å²) >= 11 is 0. The number of benzene rings is 3. The number of carbonyl (C=O) groups is 1. The quantitative estimate of drug-likeness (QED) is 0.0521. The molecule has 1 fully saturated rings. The van der Waals surface area contributed by atoms with Gasteiger partial charge < -0.3 is 14.5 Å². The molecule has 6 rings (SSSR count). The molecule has 0 amide bonds. The monoisotopic (exact) mass is 1820 g/mol. The van der Waals surface area contributed by atoms with Crippen LogP contribution in [0.3, 0.4) is 0 Å².